The largest absolute Gasteiger partial charge is 0.399 e. The first kappa shape index (κ1) is 15.0. The molecule has 0 spiro atoms. The van der Waals surface area contributed by atoms with Crippen molar-refractivity contribution in [2.75, 3.05) is 11.1 Å². The lowest BCUT2D eigenvalue weighted by Gasteiger charge is -2.05. The van der Waals surface area contributed by atoms with Crippen molar-refractivity contribution in [1.29, 1.82) is 0 Å². The van der Waals surface area contributed by atoms with Crippen molar-refractivity contribution in [2.45, 2.75) is 9.79 Å². The van der Waals surface area contributed by atoms with E-state index in [1.54, 1.807) is 21.6 Å². The SMILES string of the molecule is Nc1ccc(SSc2ccc(NC(=O)NP)cc2)cc1. The quantitative estimate of drug-likeness (QED) is 0.452. The number of nitrogen functional groups attached to an aromatic ring is 1. The monoisotopic (exact) mass is 323 g/mol. The van der Waals surface area contributed by atoms with Crippen LogP contribution in [0.3, 0.4) is 0 Å². The number of nitrogens with one attached hydrogen (secondary N) is 2. The van der Waals surface area contributed by atoms with Gasteiger partial charge in [-0.25, -0.2) is 4.79 Å². The summed E-state index contributed by atoms with van der Waals surface area (Å²) in [5.41, 5.74) is 7.17. The molecule has 7 heteroatoms. The number of carbonyl (C=O) groups is 1. The second-order valence-electron chi connectivity index (χ2n) is 3.86. The molecule has 2 amide bonds. The zero-order valence-electron chi connectivity index (χ0n) is 10.5. The van der Waals surface area contributed by atoms with Crippen LogP contribution in [0.2, 0.25) is 0 Å². The average Bonchev–Trinajstić information content (AvgIpc) is 2.48. The summed E-state index contributed by atoms with van der Waals surface area (Å²) in [6.07, 6.45) is 0. The number of hydrogen-bond acceptors (Lipinski definition) is 4. The molecule has 1 atom stereocenters. The number of amides is 2. The van der Waals surface area contributed by atoms with Crippen LogP contribution in [0.5, 0.6) is 0 Å². The number of rotatable bonds is 4. The molecular formula is C13H14N3OPS2. The van der Waals surface area contributed by atoms with Crippen LogP contribution in [0.25, 0.3) is 0 Å². The van der Waals surface area contributed by atoms with Gasteiger partial charge < -0.3 is 16.1 Å². The van der Waals surface area contributed by atoms with E-state index in [4.69, 9.17) is 5.73 Å². The molecule has 0 radical (unpaired) electrons. The molecule has 20 heavy (non-hydrogen) atoms. The van der Waals surface area contributed by atoms with E-state index in [2.05, 4.69) is 19.8 Å². The molecular weight excluding hydrogens is 309 g/mol. The molecule has 104 valence electrons. The first-order valence-electron chi connectivity index (χ1n) is 5.75. The van der Waals surface area contributed by atoms with Gasteiger partial charge >= 0.3 is 6.03 Å². The highest BCUT2D eigenvalue weighted by atomic mass is 33.1. The summed E-state index contributed by atoms with van der Waals surface area (Å²) >= 11 is 0. The van der Waals surface area contributed by atoms with Crippen LogP contribution >= 0.6 is 31.0 Å². The fourth-order valence-corrected chi connectivity index (χ4v) is 3.38. The van der Waals surface area contributed by atoms with Crippen LogP contribution in [0, 0.1) is 0 Å². The summed E-state index contributed by atoms with van der Waals surface area (Å²) in [6, 6.07) is 15.2. The van der Waals surface area contributed by atoms with Crippen molar-refractivity contribution >= 4 is 48.4 Å². The number of benzene rings is 2. The van der Waals surface area contributed by atoms with Gasteiger partial charge in [0.25, 0.3) is 0 Å². The smallest absolute Gasteiger partial charge is 0.322 e. The molecule has 2 aromatic rings. The molecule has 0 aliphatic heterocycles. The van der Waals surface area contributed by atoms with Gasteiger partial charge in [-0.3, -0.25) is 0 Å². The minimum atomic E-state index is -0.258. The molecule has 0 aromatic heterocycles. The third-order valence-corrected chi connectivity index (χ3v) is 5.04. The number of anilines is 2. The highest BCUT2D eigenvalue weighted by Crippen LogP contribution is 2.37. The van der Waals surface area contributed by atoms with Gasteiger partial charge in [0.05, 0.1) is 0 Å². The Hall–Kier alpha value is -1.36. The van der Waals surface area contributed by atoms with E-state index in [9.17, 15) is 4.79 Å². The second kappa shape index (κ2) is 7.43. The zero-order chi connectivity index (χ0) is 14.4. The van der Waals surface area contributed by atoms with Crippen LogP contribution < -0.4 is 16.1 Å². The number of carbonyl (C=O) groups excluding carboxylic acids is 1. The van der Waals surface area contributed by atoms with Gasteiger partial charge in [0.15, 0.2) is 0 Å². The molecule has 0 saturated heterocycles. The van der Waals surface area contributed by atoms with Crippen molar-refractivity contribution in [3.63, 3.8) is 0 Å². The van der Waals surface area contributed by atoms with Crippen molar-refractivity contribution < 1.29 is 4.79 Å². The van der Waals surface area contributed by atoms with Gasteiger partial charge in [-0.2, -0.15) is 0 Å². The highest BCUT2D eigenvalue weighted by molar-refractivity contribution is 8.76. The Bertz CT molecular complexity index is 575. The minimum absolute atomic E-state index is 0.258. The summed E-state index contributed by atoms with van der Waals surface area (Å²) in [5, 5.41) is 5.12. The van der Waals surface area contributed by atoms with Crippen molar-refractivity contribution in [3.8, 4) is 0 Å². The Morgan fingerprint density at radius 3 is 1.95 bits per heavy atom. The normalized spacial score (nSPS) is 10.1. The molecule has 0 bridgehead atoms. The Balaban J connectivity index is 1.90. The van der Waals surface area contributed by atoms with E-state index in [0.717, 1.165) is 21.2 Å². The first-order valence-corrected chi connectivity index (χ1v) is 8.48. The summed E-state index contributed by atoms with van der Waals surface area (Å²) in [5.74, 6) is 0. The Morgan fingerprint density at radius 1 is 0.950 bits per heavy atom. The van der Waals surface area contributed by atoms with Gasteiger partial charge in [0.1, 0.15) is 0 Å². The van der Waals surface area contributed by atoms with Crippen molar-refractivity contribution in [1.82, 2.24) is 5.09 Å². The van der Waals surface area contributed by atoms with Gasteiger partial charge in [-0.15, -0.1) is 0 Å². The molecule has 0 aliphatic rings. The summed E-state index contributed by atoms with van der Waals surface area (Å²) < 4.78 is 0. The van der Waals surface area contributed by atoms with E-state index in [1.807, 2.05) is 48.5 Å². The van der Waals surface area contributed by atoms with E-state index < -0.39 is 0 Å². The van der Waals surface area contributed by atoms with Crippen molar-refractivity contribution in [2.24, 2.45) is 0 Å². The molecule has 0 aliphatic carbocycles. The minimum Gasteiger partial charge on any atom is -0.399 e. The maximum Gasteiger partial charge on any atom is 0.322 e. The molecule has 0 fully saturated rings. The van der Waals surface area contributed by atoms with Crippen LogP contribution in [0.15, 0.2) is 58.3 Å². The molecule has 4 nitrogen and oxygen atoms in total. The Morgan fingerprint density at radius 2 is 1.45 bits per heavy atom. The standard InChI is InChI=1S/C13H14N3OPS2/c14-9-1-5-11(6-2-9)19-20-12-7-3-10(4-8-12)15-13(17)16-18/h1-8H,14,18H2,(H2,15,16,17). The van der Waals surface area contributed by atoms with Crippen molar-refractivity contribution in [3.05, 3.63) is 48.5 Å². The lowest BCUT2D eigenvalue weighted by atomic mass is 10.3. The fourth-order valence-electron chi connectivity index (χ4n) is 1.38. The lowest BCUT2D eigenvalue weighted by molar-refractivity contribution is 0.257. The van der Waals surface area contributed by atoms with Crippen LogP contribution in [0.1, 0.15) is 0 Å². The highest BCUT2D eigenvalue weighted by Gasteiger charge is 2.00. The molecule has 2 aromatic carbocycles. The van der Waals surface area contributed by atoms with Crippen LogP contribution in [-0.4, -0.2) is 6.03 Å². The predicted octanol–water partition coefficient (Wildman–Crippen LogP) is 3.98. The molecule has 1 unspecified atom stereocenters. The molecule has 4 N–H and O–H groups in total. The first-order chi connectivity index (χ1) is 9.67. The van der Waals surface area contributed by atoms with E-state index >= 15 is 0 Å². The number of hydrogen-bond donors (Lipinski definition) is 3. The maximum absolute atomic E-state index is 11.1. The molecule has 0 heterocycles. The van der Waals surface area contributed by atoms with E-state index in [-0.39, 0.29) is 6.03 Å². The number of nitrogens with two attached hydrogens (primary N) is 1. The van der Waals surface area contributed by atoms with Crippen LogP contribution in [0.4, 0.5) is 16.2 Å². The third-order valence-electron chi connectivity index (χ3n) is 2.36. The molecule has 2 rings (SSSR count). The number of urea groups is 1. The predicted molar refractivity (Wildman–Crippen MR) is 90.9 cm³/mol. The Kier molecular flexibility index (Phi) is 5.59. The fraction of sp³-hybridized carbons (Fsp3) is 0. The van der Waals surface area contributed by atoms with Gasteiger partial charge in [0.2, 0.25) is 0 Å². The average molecular weight is 323 g/mol. The Labute approximate surface area is 127 Å². The van der Waals surface area contributed by atoms with Crippen LogP contribution in [-0.2, 0) is 0 Å². The van der Waals surface area contributed by atoms with Gasteiger partial charge in [0, 0.05) is 21.2 Å². The lowest BCUT2D eigenvalue weighted by Crippen LogP contribution is -2.19. The van der Waals surface area contributed by atoms with E-state index in [0.29, 0.717) is 0 Å². The summed E-state index contributed by atoms with van der Waals surface area (Å²) in [7, 11) is 5.47. The van der Waals surface area contributed by atoms with E-state index in [1.165, 1.54) is 0 Å². The topological polar surface area (TPSA) is 67.1 Å². The maximum atomic E-state index is 11.1. The van der Waals surface area contributed by atoms with Gasteiger partial charge in [-0.05, 0) is 57.9 Å². The summed E-state index contributed by atoms with van der Waals surface area (Å²) in [4.78, 5) is 13.4. The molecule has 0 saturated carbocycles. The third kappa shape index (κ3) is 4.63. The summed E-state index contributed by atoms with van der Waals surface area (Å²) in [6.45, 7) is 0. The zero-order valence-corrected chi connectivity index (χ0v) is 13.3. The second-order valence-corrected chi connectivity index (χ2v) is 6.42. The van der Waals surface area contributed by atoms with Gasteiger partial charge in [-0.1, -0.05) is 21.6 Å².